The van der Waals surface area contributed by atoms with Crippen molar-refractivity contribution in [1.29, 1.82) is 0 Å². The molecule has 0 aromatic carbocycles. The van der Waals surface area contributed by atoms with Gasteiger partial charge in [-0.3, -0.25) is 4.79 Å². The summed E-state index contributed by atoms with van der Waals surface area (Å²) in [5.74, 6) is 0.499. The fraction of sp³-hybridized carbons (Fsp3) is 0.966. The van der Waals surface area contributed by atoms with E-state index in [-0.39, 0.29) is 52.1 Å². The second-order valence-electron chi connectivity index (χ2n) is 14.5. The van der Waals surface area contributed by atoms with E-state index in [1.165, 1.54) is 0 Å². The van der Waals surface area contributed by atoms with Gasteiger partial charge in [0.25, 0.3) is 0 Å². The number of hydrogen-bond acceptors (Lipinski definition) is 4. The number of carbonyl (C=O) groups is 1. The van der Waals surface area contributed by atoms with Crippen LogP contribution in [0.3, 0.4) is 0 Å². The fourth-order valence-electron chi connectivity index (χ4n) is 11.6. The minimum absolute atomic E-state index is 0.0332. The van der Waals surface area contributed by atoms with Crippen LogP contribution in [0.2, 0.25) is 0 Å². The van der Waals surface area contributed by atoms with Crippen LogP contribution in [-0.4, -0.2) is 45.2 Å². The van der Waals surface area contributed by atoms with Gasteiger partial charge in [-0.05, 0) is 115 Å². The SMILES string of the molecule is CC1(C)C2CC[C@]3(C)C(CCC4C5C(C(O)CO)CC[C@]5(C(=O)O)CC[C@]43C)[C@@]2(C)CC[C@@H]1O. The maximum Gasteiger partial charge on any atom is 0.309 e. The topological polar surface area (TPSA) is 98.0 Å². The second-order valence-corrected chi connectivity index (χ2v) is 14.5. The van der Waals surface area contributed by atoms with Gasteiger partial charge in [0, 0.05) is 0 Å². The van der Waals surface area contributed by atoms with Crippen molar-refractivity contribution < 1.29 is 25.2 Å². The first-order valence-corrected chi connectivity index (χ1v) is 14.0. The molecule has 0 amide bonds. The first kappa shape index (κ1) is 25.0. The number of fused-ring (bicyclic) bond motifs is 7. The number of carboxylic acids is 1. The Morgan fingerprint density at radius 3 is 2.21 bits per heavy atom. The highest BCUT2D eigenvalue weighted by atomic mass is 16.4. The Labute approximate surface area is 205 Å². The molecule has 11 atom stereocenters. The van der Waals surface area contributed by atoms with E-state index in [9.17, 15) is 25.2 Å². The smallest absolute Gasteiger partial charge is 0.309 e. The lowest BCUT2D eigenvalue weighted by Gasteiger charge is -2.72. The average molecular weight is 477 g/mol. The van der Waals surface area contributed by atoms with Crippen molar-refractivity contribution in [1.82, 2.24) is 0 Å². The van der Waals surface area contributed by atoms with Gasteiger partial charge in [0.05, 0.1) is 24.2 Å². The predicted molar refractivity (Wildman–Crippen MR) is 131 cm³/mol. The molecule has 0 radical (unpaired) electrons. The average Bonchev–Trinajstić information content (AvgIpc) is 3.18. The number of aliphatic hydroxyl groups is 3. The summed E-state index contributed by atoms with van der Waals surface area (Å²) >= 11 is 0. The van der Waals surface area contributed by atoms with Crippen LogP contribution in [0.4, 0.5) is 0 Å². The molecule has 0 aromatic heterocycles. The van der Waals surface area contributed by atoms with Crippen molar-refractivity contribution in [2.75, 3.05) is 6.61 Å². The first-order chi connectivity index (χ1) is 15.8. The number of aliphatic hydroxyl groups excluding tert-OH is 3. The minimum atomic E-state index is -0.826. The van der Waals surface area contributed by atoms with Crippen molar-refractivity contribution in [3.63, 3.8) is 0 Å². The van der Waals surface area contributed by atoms with Crippen LogP contribution >= 0.6 is 0 Å². The Morgan fingerprint density at radius 2 is 1.56 bits per heavy atom. The van der Waals surface area contributed by atoms with E-state index >= 15 is 0 Å². The largest absolute Gasteiger partial charge is 0.481 e. The Kier molecular flexibility index (Phi) is 5.65. The Bertz CT molecular complexity index is 840. The summed E-state index contributed by atoms with van der Waals surface area (Å²) in [6, 6.07) is 0. The number of carboxylic acid groups (broad SMARTS) is 1. The number of rotatable bonds is 3. The summed E-state index contributed by atoms with van der Waals surface area (Å²) in [4.78, 5) is 12.7. The standard InChI is InChI=1S/C29H48O5/c1-25(2)20-9-12-28(5)21(26(20,3)11-10-22(25)32)7-6-18-23-17(19(31)16-30)8-13-29(23,24(33)34)15-14-27(18,28)4/h17-23,30-32H,6-16H2,1-5H3,(H,33,34)/t17?,18?,19?,20?,21?,22-,23?,26-,27+,28+,29-/m0/s1. The van der Waals surface area contributed by atoms with E-state index < -0.39 is 17.5 Å². The highest BCUT2D eigenvalue weighted by molar-refractivity contribution is 5.76. The highest BCUT2D eigenvalue weighted by Crippen LogP contribution is 2.77. The maximum atomic E-state index is 12.7. The molecular weight excluding hydrogens is 428 g/mol. The Balaban J connectivity index is 1.55. The van der Waals surface area contributed by atoms with Crippen LogP contribution in [-0.2, 0) is 4.79 Å². The third-order valence-electron chi connectivity index (χ3n) is 13.6. The zero-order valence-electron chi connectivity index (χ0n) is 22.0. The molecule has 6 unspecified atom stereocenters. The Hall–Kier alpha value is -0.650. The third kappa shape index (κ3) is 2.87. The van der Waals surface area contributed by atoms with Crippen LogP contribution in [0.5, 0.6) is 0 Å². The van der Waals surface area contributed by atoms with Crippen molar-refractivity contribution >= 4 is 5.97 Å². The first-order valence-electron chi connectivity index (χ1n) is 14.0. The van der Waals surface area contributed by atoms with E-state index in [0.717, 1.165) is 44.9 Å². The van der Waals surface area contributed by atoms with Gasteiger partial charge >= 0.3 is 5.97 Å². The van der Waals surface area contributed by atoms with Crippen molar-refractivity contribution in [2.45, 2.75) is 111 Å². The number of hydrogen-bond donors (Lipinski definition) is 4. The molecule has 5 saturated carbocycles. The lowest BCUT2D eigenvalue weighted by atomic mass is 9.32. The summed E-state index contributed by atoms with van der Waals surface area (Å²) in [6.07, 6.45) is 8.29. The van der Waals surface area contributed by atoms with Gasteiger partial charge in [0.1, 0.15) is 0 Å². The van der Waals surface area contributed by atoms with E-state index in [2.05, 4.69) is 34.6 Å². The zero-order chi connectivity index (χ0) is 24.9. The molecule has 194 valence electrons. The van der Waals surface area contributed by atoms with Gasteiger partial charge in [0.2, 0.25) is 0 Å². The van der Waals surface area contributed by atoms with Gasteiger partial charge in [-0.15, -0.1) is 0 Å². The molecule has 0 bridgehead atoms. The molecule has 0 spiro atoms. The van der Waals surface area contributed by atoms with E-state index in [4.69, 9.17) is 0 Å². The van der Waals surface area contributed by atoms with Gasteiger partial charge in [-0.1, -0.05) is 34.6 Å². The molecule has 0 saturated heterocycles. The lowest BCUT2D eigenvalue weighted by molar-refractivity contribution is -0.250. The van der Waals surface area contributed by atoms with Gasteiger partial charge < -0.3 is 20.4 Å². The predicted octanol–water partition coefficient (Wildman–Crippen LogP) is 4.87. The molecule has 4 N–H and O–H groups in total. The summed E-state index contributed by atoms with van der Waals surface area (Å²) in [5, 5.41) is 41.9. The van der Waals surface area contributed by atoms with Crippen molar-refractivity contribution in [2.24, 2.45) is 56.7 Å². The van der Waals surface area contributed by atoms with Gasteiger partial charge in [-0.25, -0.2) is 0 Å². The summed E-state index contributed by atoms with van der Waals surface area (Å²) < 4.78 is 0. The lowest BCUT2D eigenvalue weighted by Crippen LogP contribution is -2.67. The summed E-state index contributed by atoms with van der Waals surface area (Å²) in [5.41, 5.74) is -0.456. The molecule has 5 rings (SSSR count). The minimum Gasteiger partial charge on any atom is -0.481 e. The molecule has 0 aliphatic heterocycles. The van der Waals surface area contributed by atoms with Crippen molar-refractivity contribution in [3.8, 4) is 0 Å². The van der Waals surface area contributed by atoms with E-state index in [1.54, 1.807) is 0 Å². The van der Waals surface area contributed by atoms with Crippen molar-refractivity contribution in [3.05, 3.63) is 0 Å². The molecule has 5 aliphatic rings. The zero-order valence-corrected chi connectivity index (χ0v) is 22.0. The van der Waals surface area contributed by atoms with Gasteiger partial charge in [0.15, 0.2) is 0 Å². The normalized spacial score (nSPS) is 54.8. The summed E-state index contributed by atoms with van der Waals surface area (Å²) in [7, 11) is 0. The molecule has 5 fully saturated rings. The van der Waals surface area contributed by atoms with Gasteiger partial charge in [-0.2, -0.15) is 0 Å². The van der Waals surface area contributed by atoms with Crippen LogP contribution < -0.4 is 0 Å². The molecule has 5 nitrogen and oxygen atoms in total. The van der Waals surface area contributed by atoms with Crippen LogP contribution in [0.1, 0.15) is 98.8 Å². The molecule has 34 heavy (non-hydrogen) atoms. The van der Waals surface area contributed by atoms with E-state index in [1.807, 2.05) is 0 Å². The number of aliphatic carboxylic acids is 1. The third-order valence-corrected chi connectivity index (χ3v) is 13.6. The molecule has 0 aromatic rings. The van der Waals surface area contributed by atoms with Crippen LogP contribution in [0.15, 0.2) is 0 Å². The second kappa shape index (κ2) is 7.68. The Morgan fingerprint density at radius 1 is 0.853 bits per heavy atom. The van der Waals surface area contributed by atoms with Crippen LogP contribution in [0.25, 0.3) is 0 Å². The molecule has 5 aliphatic carbocycles. The highest BCUT2D eigenvalue weighted by Gasteiger charge is 2.72. The molecule has 5 heteroatoms. The molecule has 0 heterocycles. The quantitative estimate of drug-likeness (QED) is 0.466. The van der Waals surface area contributed by atoms with Crippen LogP contribution in [0, 0.1) is 56.7 Å². The van der Waals surface area contributed by atoms with E-state index in [0.29, 0.717) is 31.1 Å². The fourth-order valence-corrected chi connectivity index (χ4v) is 11.6. The molecular formula is C29H48O5. The maximum absolute atomic E-state index is 12.7. The summed E-state index contributed by atoms with van der Waals surface area (Å²) in [6.45, 7) is 11.8. The monoisotopic (exact) mass is 476 g/mol.